The Bertz CT molecular complexity index is 1000. The van der Waals surface area contributed by atoms with Crippen LogP contribution in [0.3, 0.4) is 0 Å². The lowest BCUT2D eigenvalue weighted by molar-refractivity contribution is -0.128. The molecule has 0 aliphatic heterocycles. The van der Waals surface area contributed by atoms with E-state index in [1.54, 1.807) is 0 Å². The van der Waals surface area contributed by atoms with Gasteiger partial charge in [0.1, 0.15) is 0 Å². The molecule has 1 saturated carbocycles. The van der Waals surface area contributed by atoms with Crippen LogP contribution in [0.1, 0.15) is 17.5 Å². The molecule has 2 N–H and O–H groups in total. The first-order valence-electron chi connectivity index (χ1n) is 9.67. The van der Waals surface area contributed by atoms with Gasteiger partial charge in [-0.05, 0) is 42.0 Å². The summed E-state index contributed by atoms with van der Waals surface area (Å²) < 4.78 is 0. The number of benzene rings is 2. The van der Waals surface area contributed by atoms with Gasteiger partial charge < -0.3 is 10.4 Å². The Balaban J connectivity index is 1.36. The van der Waals surface area contributed by atoms with Gasteiger partial charge in [-0.1, -0.05) is 60.7 Å². The average molecular weight is 372 g/mol. The van der Waals surface area contributed by atoms with Gasteiger partial charge in [-0.15, -0.1) is 0 Å². The molecule has 2 atom stereocenters. The predicted octanol–water partition coefficient (Wildman–Crippen LogP) is 3.61. The number of rotatable bonds is 7. The minimum Gasteiger partial charge on any atom is -0.395 e. The highest BCUT2D eigenvalue weighted by molar-refractivity contribution is 5.87. The van der Waals surface area contributed by atoms with Gasteiger partial charge >= 0.3 is 0 Å². The summed E-state index contributed by atoms with van der Waals surface area (Å²) in [6.07, 6.45) is 7.33. The Morgan fingerprint density at radius 2 is 1.96 bits per heavy atom. The van der Waals surface area contributed by atoms with Crippen LogP contribution in [0.5, 0.6) is 0 Å². The minimum absolute atomic E-state index is 0.0562. The molecule has 1 aliphatic carbocycles. The fourth-order valence-corrected chi connectivity index (χ4v) is 3.65. The third kappa shape index (κ3) is 3.82. The van der Waals surface area contributed by atoms with Gasteiger partial charge in [0.2, 0.25) is 5.91 Å². The second-order valence-corrected chi connectivity index (χ2v) is 7.44. The number of nitrogens with zero attached hydrogens (tertiary/aromatic N) is 1. The highest BCUT2D eigenvalue weighted by atomic mass is 16.3. The molecule has 1 aliphatic rings. The van der Waals surface area contributed by atoms with E-state index in [0.717, 1.165) is 22.9 Å². The molecule has 1 aromatic heterocycles. The van der Waals surface area contributed by atoms with Crippen molar-refractivity contribution in [2.45, 2.75) is 12.8 Å². The van der Waals surface area contributed by atoms with Gasteiger partial charge in [-0.2, -0.15) is 0 Å². The number of carbonyl (C=O) groups excluding carboxylic acids is 1. The van der Waals surface area contributed by atoms with Crippen molar-refractivity contribution in [2.24, 2.45) is 11.3 Å². The van der Waals surface area contributed by atoms with Crippen molar-refractivity contribution in [3.05, 3.63) is 84.1 Å². The average Bonchev–Trinajstić information content (AvgIpc) is 3.47. The molecule has 4 heteroatoms. The zero-order chi connectivity index (χ0) is 19.4. The number of pyridine rings is 1. The molecule has 4 nitrogen and oxygen atoms in total. The molecule has 0 spiro atoms. The maximum absolute atomic E-state index is 12.6. The lowest BCUT2D eigenvalue weighted by Crippen LogP contribution is -2.36. The highest BCUT2D eigenvalue weighted by Crippen LogP contribution is 2.53. The quantitative estimate of drug-likeness (QED) is 0.666. The van der Waals surface area contributed by atoms with E-state index >= 15 is 0 Å². The molecule has 28 heavy (non-hydrogen) atoms. The first-order valence-corrected chi connectivity index (χ1v) is 9.67. The minimum atomic E-state index is -0.683. The molecule has 0 radical (unpaired) electrons. The Kier molecular flexibility index (Phi) is 5.22. The summed E-state index contributed by atoms with van der Waals surface area (Å²) in [6.45, 7) is 0.449. The molecule has 0 bridgehead atoms. The third-order valence-corrected chi connectivity index (χ3v) is 5.54. The van der Waals surface area contributed by atoms with E-state index in [1.165, 1.54) is 5.56 Å². The first kappa shape index (κ1) is 18.4. The van der Waals surface area contributed by atoms with E-state index in [-0.39, 0.29) is 18.4 Å². The fourth-order valence-electron chi connectivity index (χ4n) is 3.65. The lowest BCUT2D eigenvalue weighted by Gasteiger charge is -2.13. The Labute approximate surface area is 164 Å². The maximum Gasteiger partial charge on any atom is 0.229 e. The fraction of sp³-hybridized carbons (Fsp3) is 0.250. The molecular weight excluding hydrogens is 348 g/mol. The number of carbonyl (C=O) groups is 1. The Morgan fingerprint density at radius 3 is 2.79 bits per heavy atom. The van der Waals surface area contributed by atoms with E-state index < -0.39 is 5.41 Å². The number of allylic oxidation sites excluding steroid dienone is 1. The summed E-state index contributed by atoms with van der Waals surface area (Å²) in [6, 6.07) is 20.1. The van der Waals surface area contributed by atoms with Gasteiger partial charge in [0.25, 0.3) is 0 Å². The standard InChI is InChI=1S/C24H24N2O2/c27-17-24(23(28)25-13-12-18-6-2-1-3-7-18)15-21(24)11-10-19-14-20-8-4-5-9-22(20)26-16-19/h1-11,14,16,21,27H,12-13,15,17H2,(H,25,28). The van der Waals surface area contributed by atoms with E-state index in [9.17, 15) is 9.90 Å². The number of aliphatic hydroxyl groups is 1. The molecule has 2 aromatic carbocycles. The molecule has 1 heterocycles. The molecule has 4 rings (SSSR count). The van der Waals surface area contributed by atoms with Crippen LogP contribution in [-0.4, -0.2) is 29.1 Å². The molecule has 3 aromatic rings. The third-order valence-electron chi connectivity index (χ3n) is 5.54. The number of hydrogen-bond donors (Lipinski definition) is 2. The second-order valence-electron chi connectivity index (χ2n) is 7.44. The number of amides is 1. The molecule has 1 amide bonds. The lowest BCUT2D eigenvalue weighted by atomic mass is 10.0. The number of para-hydroxylation sites is 1. The van der Waals surface area contributed by atoms with E-state index in [0.29, 0.717) is 13.0 Å². The van der Waals surface area contributed by atoms with Crippen molar-refractivity contribution in [1.29, 1.82) is 0 Å². The molecule has 2 unspecified atom stereocenters. The van der Waals surface area contributed by atoms with Gasteiger partial charge in [0.05, 0.1) is 17.5 Å². The van der Waals surface area contributed by atoms with Gasteiger partial charge in [0, 0.05) is 18.1 Å². The molecule has 142 valence electrons. The highest BCUT2D eigenvalue weighted by Gasteiger charge is 2.58. The summed E-state index contributed by atoms with van der Waals surface area (Å²) in [7, 11) is 0. The number of nitrogens with one attached hydrogen (secondary N) is 1. The van der Waals surface area contributed by atoms with Gasteiger partial charge in [-0.3, -0.25) is 9.78 Å². The zero-order valence-corrected chi connectivity index (χ0v) is 15.7. The summed E-state index contributed by atoms with van der Waals surface area (Å²) in [5, 5.41) is 13.9. The van der Waals surface area contributed by atoms with Crippen LogP contribution in [-0.2, 0) is 11.2 Å². The SMILES string of the molecule is O=C(NCCc1ccccc1)C1(CO)CC1C=Cc1cnc2ccccc2c1. The first-order chi connectivity index (χ1) is 13.7. The van der Waals surface area contributed by atoms with Gasteiger partial charge in [-0.25, -0.2) is 0 Å². The topological polar surface area (TPSA) is 62.2 Å². The monoisotopic (exact) mass is 372 g/mol. The van der Waals surface area contributed by atoms with Crippen LogP contribution >= 0.6 is 0 Å². The van der Waals surface area contributed by atoms with Crippen LogP contribution < -0.4 is 5.32 Å². The summed E-state index contributed by atoms with van der Waals surface area (Å²) >= 11 is 0. The number of fused-ring (bicyclic) bond motifs is 1. The van der Waals surface area contributed by atoms with Gasteiger partial charge in [0.15, 0.2) is 0 Å². The number of aliphatic hydroxyl groups excluding tert-OH is 1. The van der Waals surface area contributed by atoms with Crippen molar-refractivity contribution in [3.8, 4) is 0 Å². The molecule has 0 saturated heterocycles. The smallest absolute Gasteiger partial charge is 0.229 e. The van der Waals surface area contributed by atoms with Crippen LogP contribution in [0, 0.1) is 11.3 Å². The van der Waals surface area contributed by atoms with Crippen LogP contribution in [0.2, 0.25) is 0 Å². The normalized spacial score (nSPS) is 21.1. The largest absolute Gasteiger partial charge is 0.395 e. The summed E-state index contributed by atoms with van der Waals surface area (Å²) in [5.41, 5.74) is 2.48. The van der Waals surface area contributed by atoms with Crippen molar-refractivity contribution in [3.63, 3.8) is 0 Å². The maximum atomic E-state index is 12.6. The van der Waals surface area contributed by atoms with E-state index in [2.05, 4.69) is 16.4 Å². The summed E-state index contributed by atoms with van der Waals surface area (Å²) in [4.78, 5) is 17.1. The summed E-state index contributed by atoms with van der Waals surface area (Å²) in [5.74, 6) is -0.00193. The van der Waals surface area contributed by atoms with Crippen molar-refractivity contribution in [2.75, 3.05) is 13.2 Å². The molecular formula is C24H24N2O2. The van der Waals surface area contributed by atoms with Crippen molar-refractivity contribution < 1.29 is 9.90 Å². The Morgan fingerprint density at radius 1 is 1.18 bits per heavy atom. The number of hydrogen-bond acceptors (Lipinski definition) is 3. The van der Waals surface area contributed by atoms with Crippen LogP contribution in [0.4, 0.5) is 0 Å². The van der Waals surface area contributed by atoms with Crippen LogP contribution in [0.25, 0.3) is 17.0 Å². The van der Waals surface area contributed by atoms with E-state index in [1.807, 2.05) is 72.9 Å². The van der Waals surface area contributed by atoms with Crippen LogP contribution in [0.15, 0.2) is 72.9 Å². The second kappa shape index (κ2) is 7.95. The Hall–Kier alpha value is -2.98. The number of aromatic nitrogens is 1. The van der Waals surface area contributed by atoms with Crippen molar-refractivity contribution >= 4 is 22.9 Å². The molecule has 1 fully saturated rings. The predicted molar refractivity (Wildman–Crippen MR) is 112 cm³/mol. The zero-order valence-electron chi connectivity index (χ0n) is 15.7. The van der Waals surface area contributed by atoms with Crippen molar-refractivity contribution in [1.82, 2.24) is 10.3 Å². The van der Waals surface area contributed by atoms with E-state index in [4.69, 9.17) is 0 Å².